The van der Waals surface area contributed by atoms with Gasteiger partial charge in [-0.1, -0.05) is 13.0 Å². The van der Waals surface area contributed by atoms with Crippen LogP contribution in [-0.4, -0.2) is 28.6 Å². The van der Waals surface area contributed by atoms with Crippen LogP contribution in [0.2, 0.25) is 0 Å². The Morgan fingerprint density at radius 3 is 2.84 bits per heavy atom. The lowest BCUT2D eigenvalue weighted by atomic mass is 9.90. The Kier molecular flexibility index (Phi) is 4.14. The zero-order chi connectivity index (χ0) is 14.0. The average Bonchev–Trinajstić information content (AvgIpc) is 2.32. The topological polar surface area (TPSA) is 40.5 Å². The number of carboxylic acid groups (broad SMARTS) is 1. The minimum Gasteiger partial charge on any atom is -0.480 e. The molecule has 19 heavy (non-hydrogen) atoms. The van der Waals surface area contributed by atoms with Crippen molar-refractivity contribution in [1.29, 1.82) is 0 Å². The van der Waals surface area contributed by atoms with Gasteiger partial charge in [-0.25, -0.2) is 8.78 Å². The van der Waals surface area contributed by atoms with Crippen LogP contribution < -0.4 is 0 Å². The highest BCUT2D eigenvalue weighted by atomic mass is 19.1. The molecular weight excluding hydrogens is 252 g/mol. The summed E-state index contributed by atoms with van der Waals surface area (Å²) in [5.74, 6) is -2.09. The summed E-state index contributed by atoms with van der Waals surface area (Å²) in [5.41, 5.74) is 0.335. The quantitative estimate of drug-likeness (QED) is 0.917. The van der Waals surface area contributed by atoms with E-state index in [0.717, 1.165) is 18.9 Å². The summed E-state index contributed by atoms with van der Waals surface area (Å²) in [6.45, 7) is 2.72. The fourth-order valence-corrected chi connectivity index (χ4v) is 2.72. The smallest absolute Gasteiger partial charge is 0.321 e. The third-order valence-corrected chi connectivity index (χ3v) is 3.68. The summed E-state index contributed by atoms with van der Waals surface area (Å²) in [7, 11) is 0. The standard InChI is InChI=1S/C14H17F2NO2/c1-9-3-2-6-17(13(9)14(18)19)8-10-4-5-11(15)7-12(10)16/h4-5,7,9,13H,2-3,6,8H2,1H3,(H,18,19). The third kappa shape index (κ3) is 3.10. The van der Waals surface area contributed by atoms with Crippen LogP contribution in [0.5, 0.6) is 0 Å². The number of halogens is 2. The third-order valence-electron chi connectivity index (χ3n) is 3.68. The van der Waals surface area contributed by atoms with Gasteiger partial charge >= 0.3 is 5.97 Å². The van der Waals surface area contributed by atoms with Crippen LogP contribution >= 0.6 is 0 Å². The predicted molar refractivity (Wildman–Crippen MR) is 66.6 cm³/mol. The van der Waals surface area contributed by atoms with E-state index in [4.69, 9.17) is 0 Å². The molecule has 1 aromatic carbocycles. The summed E-state index contributed by atoms with van der Waals surface area (Å²) in [4.78, 5) is 13.1. The molecule has 1 saturated heterocycles. The Labute approximate surface area is 110 Å². The summed E-state index contributed by atoms with van der Waals surface area (Å²) in [6.07, 6.45) is 1.76. The van der Waals surface area contributed by atoms with E-state index in [9.17, 15) is 18.7 Å². The number of piperidine rings is 1. The molecule has 1 aliphatic heterocycles. The predicted octanol–water partition coefficient (Wildman–Crippen LogP) is 2.65. The van der Waals surface area contributed by atoms with Gasteiger partial charge in [0, 0.05) is 18.2 Å². The molecule has 2 atom stereocenters. The van der Waals surface area contributed by atoms with Crippen molar-refractivity contribution in [2.75, 3.05) is 6.54 Å². The second kappa shape index (κ2) is 5.65. The maximum atomic E-state index is 13.6. The van der Waals surface area contributed by atoms with E-state index in [1.165, 1.54) is 12.1 Å². The van der Waals surface area contributed by atoms with Crippen LogP contribution in [-0.2, 0) is 11.3 Å². The molecule has 0 amide bonds. The van der Waals surface area contributed by atoms with Gasteiger partial charge in [0.1, 0.15) is 17.7 Å². The van der Waals surface area contributed by atoms with Gasteiger partial charge in [0.25, 0.3) is 0 Å². The summed E-state index contributed by atoms with van der Waals surface area (Å²) in [5, 5.41) is 9.28. The molecule has 3 nitrogen and oxygen atoms in total. The molecule has 5 heteroatoms. The van der Waals surface area contributed by atoms with E-state index in [-0.39, 0.29) is 12.5 Å². The van der Waals surface area contributed by atoms with Gasteiger partial charge in [-0.3, -0.25) is 9.69 Å². The monoisotopic (exact) mass is 269 g/mol. The van der Waals surface area contributed by atoms with E-state index < -0.39 is 23.6 Å². The molecule has 1 heterocycles. The van der Waals surface area contributed by atoms with Crippen LogP contribution in [0.1, 0.15) is 25.3 Å². The first-order valence-corrected chi connectivity index (χ1v) is 6.40. The Hall–Kier alpha value is -1.49. The molecule has 0 aliphatic carbocycles. The van der Waals surface area contributed by atoms with Crippen molar-refractivity contribution in [3.63, 3.8) is 0 Å². The van der Waals surface area contributed by atoms with Gasteiger partial charge in [0.2, 0.25) is 0 Å². The number of hydrogen-bond acceptors (Lipinski definition) is 2. The number of rotatable bonds is 3. The van der Waals surface area contributed by atoms with E-state index in [2.05, 4.69) is 0 Å². The lowest BCUT2D eigenvalue weighted by Gasteiger charge is -2.37. The largest absolute Gasteiger partial charge is 0.480 e. The summed E-state index contributed by atoms with van der Waals surface area (Å²) < 4.78 is 26.5. The molecule has 0 aromatic heterocycles. The maximum absolute atomic E-state index is 13.6. The van der Waals surface area contributed by atoms with Gasteiger partial charge in [0.05, 0.1) is 0 Å². The van der Waals surface area contributed by atoms with Gasteiger partial charge in [-0.05, 0) is 31.4 Å². The van der Waals surface area contributed by atoms with Gasteiger partial charge in [0.15, 0.2) is 0 Å². The highest BCUT2D eigenvalue weighted by Crippen LogP contribution is 2.25. The first kappa shape index (κ1) is 13.9. The second-order valence-corrected chi connectivity index (χ2v) is 5.11. The van der Waals surface area contributed by atoms with Gasteiger partial charge in [-0.15, -0.1) is 0 Å². The molecule has 0 spiro atoms. The number of aliphatic carboxylic acids is 1. The summed E-state index contributed by atoms with van der Waals surface area (Å²) in [6, 6.07) is 2.81. The number of carbonyl (C=O) groups is 1. The Morgan fingerprint density at radius 1 is 1.47 bits per heavy atom. The Balaban J connectivity index is 2.18. The fraction of sp³-hybridized carbons (Fsp3) is 0.500. The zero-order valence-electron chi connectivity index (χ0n) is 10.8. The maximum Gasteiger partial charge on any atom is 0.321 e. The van der Waals surface area contributed by atoms with E-state index >= 15 is 0 Å². The Morgan fingerprint density at radius 2 is 2.21 bits per heavy atom. The van der Waals surface area contributed by atoms with Crippen LogP contribution in [0, 0.1) is 17.6 Å². The number of hydrogen-bond donors (Lipinski definition) is 1. The molecule has 1 aliphatic rings. The van der Waals surface area contributed by atoms with Crippen molar-refractivity contribution in [2.24, 2.45) is 5.92 Å². The highest BCUT2D eigenvalue weighted by Gasteiger charge is 2.34. The van der Waals surface area contributed by atoms with Gasteiger partial charge < -0.3 is 5.11 Å². The molecular formula is C14H17F2NO2. The molecule has 104 valence electrons. The number of benzene rings is 1. The van der Waals surface area contributed by atoms with Crippen molar-refractivity contribution < 1.29 is 18.7 Å². The van der Waals surface area contributed by atoms with E-state index in [1.807, 2.05) is 6.92 Å². The van der Waals surface area contributed by atoms with Crippen molar-refractivity contribution in [3.8, 4) is 0 Å². The van der Waals surface area contributed by atoms with Crippen LogP contribution in [0.3, 0.4) is 0 Å². The van der Waals surface area contributed by atoms with Crippen LogP contribution in [0.15, 0.2) is 18.2 Å². The molecule has 0 saturated carbocycles. The number of likely N-dealkylation sites (tertiary alicyclic amines) is 1. The fourth-order valence-electron chi connectivity index (χ4n) is 2.72. The lowest BCUT2D eigenvalue weighted by Crippen LogP contribution is -2.48. The second-order valence-electron chi connectivity index (χ2n) is 5.11. The molecule has 1 aromatic rings. The van der Waals surface area contributed by atoms with Crippen molar-refractivity contribution in [1.82, 2.24) is 4.90 Å². The summed E-state index contributed by atoms with van der Waals surface area (Å²) >= 11 is 0. The highest BCUT2D eigenvalue weighted by molar-refractivity contribution is 5.74. The van der Waals surface area contributed by atoms with E-state index in [1.54, 1.807) is 4.90 Å². The molecule has 1 N–H and O–H groups in total. The minimum atomic E-state index is -0.880. The average molecular weight is 269 g/mol. The minimum absolute atomic E-state index is 0.0368. The molecule has 0 bridgehead atoms. The lowest BCUT2D eigenvalue weighted by molar-refractivity contribution is -0.147. The first-order valence-electron chi connectivity index (χ1n) is 6.40. The van der Waals surface area contributed by atoms with E-state index in [0.29, 0.717) is 12.1 Å². The normalized spacial score (nSPS) is 24.4. The SMILES string of the molecule is CC1CCCN(Cc2ccc(F)cc2F)C1C(=O)O. The van der Waals surface area contributed by atoms with Gasteiger partial charge in [-0.2, -0.15) is 0 Å². The van der Waals surface area contributed by atoms with Crippen molar-refractivity contribution in [2.45, 2.75) is 32.4 Å². The van der Waals surface area contributed by atoms with Crippen molar-refractivity contribution in [3.05, 3.63) is 35.4 Å². The molecule has 1 fully saturated rings. The van der Waals surface area contributed by atoms with Crippen LogP contribution in [0.4, 0.5) is 8.78 Å². The van der Waals surface area contributed by atoms with Crippen LogP contribution in [0.25, 0.3) is 0 Å². The molecule has 0 radical (unpaired) electrons. The number of carboxylic acids is 1. The zero-order valence-corrected chi connectivity index (χ0v) is 10.8. The molecule has 2 rings (SSSR count). The Bertz CT molecular complexity index is 479. The molecule has 2 unspecified atom stereocenters. The van der Waals surface area contributed by atoms with Crippen molar-refractivity contribution >= 4 is 5.97 Å². The number of nitrogens with zero attached hydrogens (tertiary/aromatic N) is 1. The first-order chi connectivity index (χ1) is 8.99.